The van der Waals surface area contributed by atoms with Crippen LogP contribution in [-0.2, 0) is 11.3 Å². The SMILES string of the molecule is Cc1ccc(F)cc1CN1CC(C)C(C(=O)O)C1. The third kappa shape index (κ3) is 2.70. The van der Waals surface area contributed by atoms with Gasteiger partial charge in [-0.25, -0.2) is 4.39 Å². The molecule has 4 heteroatoms. The first-order valence-corrected chi connectivity index (χ1v) is 6.17. The fourth-order valence-electron chi connectivity index (χ4n) is 2.57. The van der Waals surface area contributed by atoms with Crippen LogP contribution in [0.3, 0.4) is 0 Å². The Kier molecular flexibility index (Phi) is 3.66. The molecule has 0 amide bonds. The van der Waals surface area contributed by atoms with Gasteiger partial charge in [0.15, 0.2) is 0 Å². The molecule has 1 aromatic rings. The lowest BCUT2D eigenvalue weighted by molar-refractivity contribution is -0.142. The molecule has 1 N–H and O–H groups in total. The van der Waals surface area contributed by atoms with Crippen molar-refractivity contribution >= 4 is 5.97 Å². The minimum absolute atomic E-state index is 0.149. The Balaban J connectivity index is 2.07. The maximum atomic E-state index is 13.2. The number of aliphatic carboxylic acids is 1. The number of aryl methyl sites for hydroxylation is 1. The second kappa shape index (κ2) is 5.06. The van der Waals surface area contributed by atoms with Gasteiger partial charge in [0.05, 0.1) is 5.92 Å². The molecule has 0 aliphatic carbocycles. The fraction of sp³-hybridized carbons (Fsp3) is 0.500. The highest BCUT2D eigenvalue weighted by atomic mass is 19.1. The smallest absolute Gasteiger partial charge is 0.308 e. The molecular formula is C14H18FNO2. The highest BCUT2D eigenvalue weighted by Gasteiger charge is 2.34. The highest BCUT2D eigenvalue weighted by molar-refractivity contribution is 5.71. The Morgan fingerprint density at radius 1 is 1.50 bits per heavy atom. The normalized spacial score (nSPS) is 24.4. The maximum absolute atomic E-state index is 13.2. The van der Waals surface area contributed by atoms with Gasteiger partial charge in [-0.2, -0.15) is 0 Å². The second-order valence-corrected chi connectivity index (χ2v) is 5.19. The molecule has 1 aliphatic heterocycles. The number of hydrogen-bond donors (Lipinski definition) is 1. The predicted octanol–water partition coefficient (Wildman–Crippen LogP) is 2.29. The third-order valence-corrected chi connectivity index (χ3v) is 3.71. The number of carbonyl (C=O) groups is 1. The van der Waals surface area contributed by atoms with Gasteiger partial charge < -0.3 is 5.11 Å². The Morgan fingerprint density at radius 2 is 2.22 bits per heavy atom. The van der Waals surface area contributed by atoms with Gasteiger partial charge in [-0.3, -0.25) is 9.69 Å². The topological polar surface area (TPSA) is 40.5 Å². The number of rotatable bonds is 3. The lowest BCUT2D eigenvalue weighted by Crippen LogP contribution is -2.23. The standard InChI is InChI=1S/C14H18FNO2/c1-9-3-4-12(15)5-11(9)7-16-6-10(2)13(8-16)14(17)18/h3-5,10,13H,6-8H2,1-2H3,(H,17,18). The molecule has 1 aliphatic rings. The summed E-state index contributed by atoms with van der Waals surface area (Å²) >= 11 is 0. The molecule has 1 aromatic carbocycles. The summed E-state index contributed by atoms with van der Waals surface area (Å²) in [6.45, 7) is 5.83. The predicted molar refractivity (Wildman–Crippen MR) is 66.7 cm³/mol. The first-order valence-electron chi connectivity index (χ1n) is 6.17. The van der Waals surface area contributed by atoms with E-state index in [1.54, 1.807) is 6.07 Å². The Morgan fingerprint density at radius 3 is 2.83 bits per heavy atom. The van der Waals surface area contributed by atoms with Crippen molar-refractivity contribution in [2.24, 2.45) is 11.8 Å². The molecule has 0 radical (unpaired) electrons. The van der Waals surface area contributed by atoms with Crippen molar-refractivity contribution in [2.75, 3.05) is 13.1 Å². The summed E-state index contributed by atoms with van der Waals surface area (Å²) in [6, 6.07) is 4.75. The first kappa shape index (κ1) is 13.0. The molecule has 1 heterocycles. The van der Waals surface area contributed by atoms with Crippen molar-refractivity contribution < 1.29 is 14.3 Å². The number of halogens is 1. The van der Waals surface area contributed by atoms with Gasteiger partial charge in [0.1, 0.15) is 5.82 Å². The summed E-state index contributed by atoms with van der Waals surface area (Å²) in [7, 11) is 0. The monoisotopic (exact) mass is 251 g/mol. The van der Waals surface area contributed by atoms with Crippen LogP contribution in [0.4, 0.5) is 4.39 Å². The van der Waals surface area contributed by atoms with Crippen LogP contribution in [0.15, 0.2) is 18.2 Å². The minimum atomic E-state index is -0.735. The molecule has 0 saturated carbocycles. The average Bonchev–Trinajstić information content (AvgIpc) is 2.65. The van der Waals surface area contributed by atoms with Crippen LogP contribution in [0.25, 0.3) is 0 Å². The average molecular weight is 251 g/mol. The molecule has 18 heavy (non-hydrogen) atoms. The van der Waals surface area contributed by atoms with E-state index in [0.717, 1.165) is 17.7 Å². The molecule has 1 saturated heterocycles. The number of hydrogen-bond acceptors (Lipinski definition) is 2. The maximum Gasteiger partial charge on any atom is 0.308 e. The quantitative estimate of drug-likeness (QED) is 0.896. The second-order valence-electron chi connectivity index (χ2n) is 5.19. The van der Waals surface area contributed by atoms with Crippen molar-refractivity contribution in [3.05, 3.63) is 35.1 Å². The van der Waals surface area contributed by atoms with E-state index in [9.17, 15) is 9.18 Å². The largest absolute Gasteiger partial charge is 0.481 e. The molecule has 3 nitrogen and oxygen atoms in total. The molecule has 1 fully saturated rings. The molecule has 2 atom stereocenters. The summed E-state index contributed by atoms with van der Waals surface area (Å²) in [5.74, 6) is -1.13. The van der Waals surface area contributed by atoms with Gasteiger partial charge in [-0.1, -0.05) is 13.0 Å². The number of carboxylic acid groups (broad SMARTS) is 1. The van der Waals surface area contributed by atoms with Crippen LogP contribution in [0.1, 0.15) is 18.1 Å². The van der Waals surface area contributed by atoms with Crippen LogP contribution in [0.5, 0.6) is 0 Å². The number of carboxylic acids is 1. The summed E-state index contributed by atoms with van der Waals surface area (Å²) < 4.78 is 13.2. The van der Waals surface area contributed by atoms with Crippen LogP contribution >= 0.6 is 0 Å². The Bertz CT molecular complexity index is 461. The van der Waals surface area contributed by atoms with Gasteiger partial charge in [0.2, 0.25) is 0 Å². The summed E-state index contributed by atoms with van der Waals surface area (Å²) in [5.41, 5.74) is 1.98. The molecule has 98 valence electrons. The fourth-order valence-corrected chi connectivity index (χ4v) is 2.57. The minimum Gasteiger partial charge on any atom is -0.481 e. The molecule has 0 bridgehead atoms. The molecule has 2 unspecified atom stereocenters. The van der Waals surface area contributed by atoms with Crippen molar-refractivity contribution in [1.29, 1.82) is 0 Å². The van der Waals surface area contributed by atoms with E-state index >= 15 is 0 Å². The van der Waals surface area contributed by atoms with Crippen LogP contribution < -0.4 is 0 Å². The third-order valence-electron chi connectivity index (χ3n) is 3.71. The van der Waals surface area contributed by atoms with Crippen LogP contribution in [0.2, 0.25) is 0 Å². The van der Waals surface area contributed by atoms with E-state index in [1.165, 1.54) is 12.1 Å². The van der Waals surface area contributed by atoms with Crippen LogP contribution in [-0.4, -0.2) is 29.1 Å². The number of benzene rings is 1. The number of likely N-dealkylation sites (tertiary alicyclic amines) is 1. The van der Waals surface area contributed by atoms with Gasteiger partial charge in [0, 0.05) is 19.6 Å². The Hall–Kier alpha value is -1.42. The van der Waals surface area contributed by atoms with Gasteiger partial charge in [0.25, 0.3) is 0 Å². The van der Waals surface area contributed by atoms with Crippen molar-refractivity contribution in [3.8, 4) is 0 Å². The van der Waals surface area contributed by atoms with Crippen LogP contribution in [0, 0.1) is 24.6 Å². The zero-order chi connectivity index (χ0) is 13.3. The van der Waals surface area contributed by atoms with E-state index in [1.807, 2.05) is 13.8 Å². The molecule has 0 aromatic heterocycles. The van der Waals surface area contributed by atoms with E-state index in [0.29, 0.717) is 13.1 Å². The van der Waals surface area contributed by atoms with Gasteiger partial charge >= 0.3 is 5.97 Å². The first-order chi connectivity index (χ1) is 8.47. The van der Waals surface area contributed by atoms with E-state index in [4.69, 9.17) is 5.11 Å². The van der Waals surface area contributed by atoms with Crippen molar-refractivity contribution in [1.82, 2.24) is 4.90 Å². The molecule has 0 spiro atoms. The van der Waals surface area contributed by atoms with Crippen molar-refractivity contribution in [3.63, 3.8) is 0 Å². The lowest BCUT2D eigenvalue weighted by atomic mass is 9.99. The summed E-state index contributed by atoms with van der Waals surface area (Å²) in [5, 5.41) is 9.08. The van der Waals surface area contributed by atoms with Crippen molar-refractivity contribution in [2.45, 2.75) is 20.4 Å². The molecule has 2 rings (SSSR count). The van der Waals surface area contributed by atoms with E-state index in [-0.39, 0.29) is 17.7 Å². The number of nitrogens with zero attached hydrogens (tertiary/aromatic N) is 1. The summed E-state index contributed by atoms with van der Waals surface area (Å²) in [6.07, 6.45) is 0. The molecular weight excluding hydrogens is 233 g/mol. The van der Waals surface area contributed by atoms with E-state index < -0.39 is 5.97 Å². The lowest BCUT2D eigenvalue weighted by Gasteiger charge is -2.16. The zero-order valence-electron chi connectivity index (χ0n) is 10.7. The Labute approximate surface area is 106 Å². The zero-order valence-corrected chi connectivity index (χ0v) is 10.7. The van der Waals surface area contributed by atoms with Gasteiger partial charge in [-0.05, 0) is 36.1 Å². The highest BCUT2D eigenvalue weighted by Crippen LogP contribution is 2.25. The summed E-state index contributed by atoms with van der Waals surface area (Å²) in [4.78, 5) is 13.1. The van der Waals surface area contributed by atoms with E-state index in [2.05, 4.69) is 4.90 Å². The van der Waals surface area contributed by atoms with Gasteiger partial charge in [-0.15, -0.1) is 0 Å².